The molecule has 67 heavy (non-hydrogen) atoms. The predicted octanol–water partition coefficient (Wildman–Crippen LogP) is 9.05. The zero-order chi connectivity index (χ0) is 50.5. The van der Waals surface area contributed by atoms with Gasteiger partial charge in [-0.3, -0.25) is 4.79 Å². The Balaban J connectivity index is 0.000000319. The monoisotopic (exact) mass is 1170 g/mol. The van der Waals surface area contributed by atoms with E-state index in [2.05, 4.69) is 52.8 Å². The minimum absolute atomic E-state index is 0.0630. The summed E-state index contributed by atoms with van der Waals surface area (Å²) in [6.07, 6.45) is -2.71. The Morgan fingerprint density at radius 1 is 0.478 bits per heavy atom. The third kappa shape index (κ3) is 9.24. The third-order valence-electron chi connectivity index (χ3n) is 9.31. The van der Waals surface area contributed by atoms with E-state index in [-0.39, 0.29) is 18.0 Å². The molecular formula is C38H10BBr3F20N2O3. The first kappa shape index (κ1) is 52.4. The molecule has 0 saturated heterocycles. The number of Topliss-reactive ketones (excluding diaryl/α,β-unsaturated/α-hetero) is 1. The molecule has 0 fully saturated rings. The minimum Gasteiger partial charge on any atom is -0.422 e. The van der Waals surface area contributed by atoms with Crippen LogP contribution in [0.4, 0.5) is 87.8 Å². The van der Waals surface area contributed by atoms with E-state index in [1.54, 1.807) is 35.0 Å². The van der Waals surface area contributed by atoms with E-state index in [4.69, 9.17) is 4.74 Å². The topological polar surface area (TPSA) is 60.1 Å². The fourth-order valence-corrected chi connectivity index (χ4v) is 6.99. The van der Waals surface area contributed by atoms with Gasteiger partial charge >= 0.3 is 5.97 Å². The summed E-state index contributed by atoms with van der Waals surface area (Å²) < 4.78 is 299. The molecule has 0 N–H and O–H groups in total. The van der Waals surface area contributed by atoms with Crippen molar-refractivity contribution in [2.24, 2.45) is 0 Å². The second-order valence-electron chi connectivity index (χ2n) is 13.0. The number of halogens is 23. The molecule has 0 saturated carbocycles. The number of hydrogen-bond acceptors (Lipinski definition) is 4. The third-order valence-corrected chi connectivity index (χ3v) is 9.79. The molecule has 0 amide bonds. The van der Waals surface area contributed by atoms with Crippen molar-refractivity contribution in [3.63, 3.8) is 0 Å². The van der Waals surface area contributed by atoms with Gasteiger partial charge in [0.25, 0.3) is 2.33 Å². The maximum atomic E-state index is 15.4. The lowest BCUT2D eigenvalue weighted by Gasteiger charge is -2.44. The summed E-state index contributed by atoms with van der Waals surface area (Å²) in [7, 11) is 0. The van der Waals surface area contributed by atoms with Crippen molar-refractivity contribution in [2.45, 2.75) is 8.87 Å². The van der Waals surface area contributed by atoms with Gasteiger partial charge in [0.05, 0.1) is 6.20 Å². The van der Waals surface area contributed by atoms with Crippen LogP contribution in [-0.2, 0) is 11.3 Å². The fourth-order valence-electron chi connectivity index (χ4n) is 6.55. The van der Waals surface area contributed by atoms with Gasteiger partial charge in [-0.2, -0.15) is 4.57 Å². The molecule has 0 unspecified atom stereocenters. The number of carbonyl (C=O) groups is 2. The summed E-state index contributed by atoms with van der Waals surface area (Å²) in [5, 5.41) is 0. The molecule has 1 aromatic heterocycles. The number of benzene rings is 5. The number of aromatic nitrogens is 2. The van der Waals surface area contributed by atoms with E-state index in [0.29, 0.717) is 5.56 Å². The lowest BCUT2D eigenvalue weighted by atomic mass is 9.12. The Bertz CT molecular complexity index is 2640. The number of hydrogen-bond donors (Lipinski definition) is 0. The van der Waals surface area contributed by atoms with E-state index in [1.807, 2.05) is 6.07 Å². The van der Waals surface area contributed by atoms with Crippen molar-refractivity contribution in [1.29, 1.82) is 0 Å². The summed E-state index contributed by atoms with van der Waals surface area (Å²) >= 11 is 9.20. The van der Waals surface area contributed by atoms with E-state index in [9.17, 15) is 62.3 Å². The van der Waals surface area contributed by atoms with Crippen LogP contribution in [-0.4, -0.2) is 25.2 Å². The highest BCUT2D eigenvalue weighted by molar-refractivity contribution is 9.39. The number of ether oxygens (including phenoxy) is 1. The van der Waals surface area contributed by atoms with Gasteiger partial charge in [0.1, 0.15) is 52.7 Å². The number of ketones is 1. The highest BCUT2D eigenvalue weighted by Gasteiger charge is 2.52. The number of carbonyl (C=O) groups excluding carboxylic acids is 2. The standard InChI is InChI=1S/C24BF20.C14H10Br3N2O3/c26-5-1(6(27)14(35)21(42)13(5)34)25(2-7(28)15(36)22(43)16(37)8(2)29,3-9(30)17(38)23(44)18(39)10(3)31)4-11(32)19(40)24(45)20(41)12(4)33;15-14(16,17)22-13(21)11-8-19(7-6-18-11)9-12(20)10-4-2-1-3-5-10/h;1-8H,9H2/q-1;+1. The van der Waals surface area contributed by atoms with Crippen LogP contribution in [0.1, 0.15) is 20.8 Å². The minimum atomic E-state index is -7.22. The van der Waals surface area contributed by atoms with Gasteiger partial charge in [-0.15, -0.1) is 21.9 Å². The smallest absolute Gasteiger partial charge is 0.365 e. The molecule has 1 heterocycles. The van der Waals surface area contributed by atoms with Crippen molar-refractivity contribution in [2.75, 3.05) is 0 Å². The van der Waals surface area contributed by atoms with Crippen LogP contribution in [0.2, 0.25) is 0 Å². The molecule has 0 aliphatic heterocycles. The molecule has 0 aliphatic carbocycles. The van der Waals surface area contributed by atoms with Crippen LogP contribution in [0, 0.1) is 116 Å². The van der Waals surface area contributed by atoms with E-state index in [0.717, 1.165) is 0 Å². The Morgan fingerprint density at radius 2 is 0.761 bits per heavy atom. The zero-order valence-electron chi connectivity index (χ0n) is 31.2. The lowest BCUT2D eigenvalue weighted by Crippen LogP contribution is -2.81. The van der Waals surface area contributed by atoms with Crippen molar-refractivity contribution in [3.8, 4) is 0 Å². The summed E-state index contributed by atoms with van der Waals surface area (Å²) in [6, 6.07) is 8.93. The quantitative estimate of drug-likeness (QED) is 0.0223. The fraction of sp³-hybridized carbons (Fsp3) is 0.0526. The molecule has 0 spiro atoms. The molecule has 5 nitrogen and oxygen atoms in total. The maximum absolute atomic E-state index is 15.4. The average Bonchev–Trinajstić information content (AvgIpc) is 3.28. The normalized spacial score (nSPS) is 11.7. The average molecular weight is 1170 g/mol. The van der Waals surface area contributed by atoms with Gasteiger partial charge in [-0.05, 0) is 47.8 Å². The Hall–Kier alpha value is -5.58. The predicted molar refractivity (Wildman–Crippen MR) is 199 cm³/mol. The number of esters is 1. The maximum Gasteiger partial charge on any atom is 0.365 e. The highest BCUT2D eigenvalue weighted by atomic mass is 80.0. The van der Waals surface area contributed by atoms with Gasteiger partial charge < -0.3 is 4.74 Å². The largest absolute Gasteiger partial charge is 0.422 e. The molecule has 29 heteroatoms. The molecular weight excluding hydrogens is 1160 g/mol. The SMILES string of the molecule is Fc1c(F)c(F)c([B-](c2c(F)c(F)c(F)c(F)c2F)(c2c(F)c(F)c(F)c(F)c2F)c2c(F)c(F)c(F)c(F)c2F)c(F)c1F.O=C(C[n+]1ccnc(C(=O)OC(Br)(Br)Br)c1)c1ccccc1. The first-order valence-corrected chi connectivity index (χ1v) is 19.4. The first-order valence-electron chi connectivity index (χ1n) is 17.0. The van der Waals surface area contributed by atoms with Crippen molar-refractivity contribution in [1.82, 2.24) is 4.98 Å². The molecule has 0 atom stereocenters. The lowest BCUT2D eigenvalue weighted by molar-refractivity contribution is -0.683. The van der Waals surface area contributed by atoms with E-state index < -0.39 is 153 Å². The summed E-state index contributed by atoms with van der Waals surface area (Å²) in [5.41, 5.74) is -13.6. The Labute approximate surface area is 383 Å². The van der Waals surface area contributed by atoms with Crippen LogP contribution < -0.4 is 26.4 Å². The second kappa shape index (κ2) is 19.6. The van der Waals surface area contributed by atoms with Crippen LogP contribution in [0.15, 0.2) is 48.9 Å². The van der Waals surface area contributed by atoms with Gasteiger partial charge in [-0.25, -0.2) is 97.6 Å². The molecule has 354 valence electrons. The van der Waals surface area contributed by atoms with Gasteiger partial charge in [0.2, 0.25) is 24.2 Å². The first-order chi connectivity index (χ1) is 31.1. The van der Waals surface area contributed by atoms with Gasteiger partial charge in [0.15, 0.2) is 76.0 Å². The van der Waals surface area contributed by atoms with Crippen molar-refractivity contribution in [3.05, 3.63) is 177 Å². The number of nitrogens with zero attached hydrogens (tertiary/aromatic N) is 2. The van der Waals surface area contributed by atoms with Crippen molar-refractivity contribution < 1.29 is 107 Å². The number of alkyl halides is 3. The number of rotatable bonds is 8. The Morgan fingerprint density at radius 3 is 1.04 bits per heavy atom. The van der Waals surface area contributed by atoms with Gasteiger partial charge in [-0.1, -0.05) is 30.3 Å². The second-order valence-corrected chi connectivity index (χ2v) is 19.6. The van der Waals surface area contributed by atoms with Crippen LogP contribution in [0.25, 0.3) is 0 Å². The molecule has 6 rings (SSSR count). The molecule has 0 radical (unpaired) electrons. The molecule has 6 aromatic rings. The van der Waals surface area contributed by atoms with Crippen LogP contribution in [0.5, 0.6) is 0 Å². The van der Waals surface area contributed by atoms with Gasteiger partial charge in [0, 0.05) is 5.56 Å². The highest BCUT2D eigenvalue weighted by Crippen LogP contribution is 2.35. The molecule has 5 aromatic carbocycles. The van der Waals surface area contributed by atoms with E-state index >= 15 is 35.1 Å². The van der Waals surface area contributed by atoms with Crippen LogP contribution in [0.3, 0.4) is 0 Å². The Kier molecular flexibility index (Phi) is 15.3. The summed E-state index contributed by atoms with van der Waals surface area (Å²) in [5.74, 6) is -72.1. The summed E-state index contributed by atoms with van der Waals surface area (Å²) in [4.78, 5) is 28.0. The molecule has 0 aliphatic rings. The molecule has 0 bridgehead atoms. The zero-order valence-corrected chi connectivity index (χ0v) is 36.0. The summed E-state index contributed by atoms with van der Waals surface area (Å²) in [6.45, 7) is 0.106. The van der Waals surface area contributed by atoms with Crippen molar-refractivity contribution >= 4 is 87.5 Å². The van der Waals surface area contributed by atoms with E-state index in [1.165, 1.54) is 12.4 Å². The van der Waals surface area contributed by atoms with Crippen LogP contribution >= 0.6 is 47.8 Å².